The van der Waals surface area contributed by atoms with Crippen LogP contribution in [0.2, 0.25) is 0 Å². The highest BCUT2D eigenvalue weighted by Crippen LogP contribution is 2.45. The molecule has 4 rings (SSSR count). The Morgan fingerprint density at radius 3 is 2.34 bits per heavy atom. The Balaban J connectivity index is 0.000000360. The van der Waals surface area contributed by atoms with Crippen LogP contribution in [0.3, 0.4) is 0 Å². The third-order valence-corrected chi connectivity index (χ3v) is 7.19. The molecule has 2 aliphatic carbocycles. The number of amides is 1. The molecule has 0 radical (unpaired) electrons. The van der Waals surface area contributed by atoms with Gasteiger partial charge in [-0.25, -0.2) is 4.79 Å². The summed E-state index contributed by atoms with van der Waals surface area (Å²) in [6, 6.07) is 0. The van der Waals surface area contributed by atoms with E-state index in [1.807, 2.05) is 7.11 Å². The number of carbonyl (C=O) groups is 2. The number of aliphatic carboxylic acids is 1. The Hall–Kier alpha value is -1.39. The van der Waals surface area contributed by atoms with Crippen LogP contribution in [0, 0.1) is 17.3 Å². The fourth-order valence-electron chi connectivity index (χ4n) is 5.29. The largest absolute Gasteiger partial charge is 0.490 e. The Bertz CT molecular complexity index is 652. The average molecular weight is 465 g/mol. The van der Waals surface area contributed by atoms with E-state index >= 15 is 0 Å². The number of carboxylic acid groups (broad SMARTS) is 1. The van der Waals surface area contributed by atoms with Gasteiger partial charge in [0.25, 0.3) is 0 Å². The second kappa shape index (κ2) is 10.7. The van der Waals surface area contributed by atoms with Crippen molar-refractivity contribution in [1.82, 2.24) is 9.80 Å². The average Bonchev–Trinajstić information content (AvgIpc) is 3.12. The molecular weight excluding hydrogens is 429 g/mol. The highest BCUT2D eigenvalue weighted by atomic mass is 19.4. The van der Waals surface area contributed by atoms with Crippen molar-refractivity contribution in [1.29, 1.82) is 0 Å². The van der Waals surface area contributed by atoms with Gasteiger partial charge in [-0.15, -0.1) is 0 Å². The fraction of sp³-hybridized carbons (Fsp3) is 0.909. The lowest BCUT2D eigenvalue weighted by atomic mass is 9.77. The molecule has 0 bridgehead atoms. The summed E-state index contributed by atoms with van der Waals surface area (Å²) in [4.78, 5) is 26.2. The first-order chi connectivity index (χ1) is 15.1. The van der Waals surface area contributed by atoms with Gasteiger partial charge in [-0.2, -0.15) is 13.2 Å². The van der Waals surface area contributed by atoms with Crippen LogP contribution in [-0.4, -0.2) is 92.1 Å². The van der Waals surface area contributed by atoms with Gasteiger partial charge in [0.15, 0.2) is 0 Å². The normalized spacial score (nSPS) is 28.9. The molecule has 2 aliphatic heterocycles. The second-order valence-electron chi connectivity index (χ2n) is 9.74. The number of rotatable bonds is 7. The molecular formula is C22H35F3N2O5. The number of hydrogen-bond donors (Lipinski definition) is 1. The molecule has 2 saturated heterocycles. The van der Waals surface area contributed by atoms with Gasteiger partial charge in [0, 0.05) is 51.2 Å². The first-order valence-electron chi connectivity index (χ1n) is 11.5. The predicted octanol–water partition coefficient (Wildman–Crippen LogP) is 2.79. The lowest BCUT2D eigenvalue weighted by Crippen LogP contribution is -2.39. The summed E-state index contributed by atoms with van der Waals surface area (Å²) < 4.78 is 43.1. The van der Waals surface area contributed by atoms with Gasteiger partial charge in [0.1, 0.15) is 6.61 Å². The Labute approximate surface area is 187 Å². The van der Waals surface area contributed by atoms with E-state index in [0.717, 1.165) is 58.0 Å². The lowest BCUT2D eigenvalue weighted by molar-refractivity contribution is -0.192. The minimum Gasteiger partial charge on any atom is -0.475 e. The van der Waals surface area contributed by atoms with Crippen LogP contribution in [0.15, 0.2) is 0 Å². The van der Waals surface area contributed by atoms with E-state index in [1.54, 1.807) is 0 Å². The third kappa shape index (κ3) is 6.81. The van der Waals surface area contributed by atoms with Crippen molar-refractivity contribution in [2.24, 2.45) is 17.3 Å². The van der Waals surface area contributed by atoms with Crippen molar-refractivity contribution >= 4 is 11.9 Å². The summed E-state index contributed by atoms with van der Waals surface area (Å²) in [5.41, 5.74) is 0.244. The van der Waals surface area contributed by atoms with Crippen LogP contribution in [-0.2, 0) is 19.1 Å². The number of likely N-dealkylation sites (tertiary alicyclic amines) is 2. The fourth-order valence-corrected chi connectivity index (χ4v) is 5.29. The predicted molar refractivity (Wildman–Crippen MR) is 110 cm³/mol. The van der Waals surface area contributed by atoms with Crippen molar-refractivity contribution in [3.8, 4) is 0 Å². The number of methoxy groups -OCH3 is 1. The number of halogens is 3. The maximum atomic E-state index is 12.6. The van der Waals surface area contributed by atoms with E-state index in [0.29, 0.717) is 12.0 Å². The Morgan fingerprint density at radius 1 is 1.12 bits per heavy atom. The van der Waals surface area contributed by atoms with Crippen molar-refractivity contribution < 1.29 is 37.3 Å². The number of carboxylic acids is 1. The lowest BCUT2D eigenvalue weighted by Gasteiger charge is -2.30. The minimum atomic E-state index is -5.08. The SMILES string of the molecule is COC[C@@H]1CN(CC2CC2)C[C@@]12CCN(C(=O)COC1CCCC1)C2.O=C(O)C(F)(F)F. The standard InChI is InChI=1S/C20H34N2O3.C2HF3O2/c1-24-12-17-11-21(10-16-6-7-16)14-20(17)8-9-22(15-20)19(23)13-25-18-4-2-3-5-18;3-2(4,5)1(6)7/h16-18H,2-15H2,1H3;(H,6,7)/t17-,20+;/m0./s1. The van der Waals surface area contributed by atoms with Gasteiger partial charge in [-0.1, -0.05) is 12.8 Å². The molecule has 4 aliphatic rings. The molecule has 0 aromatic carbocycles. The molecule has 184 valence electrons. The van der Waals surface area contributed by atoms with E-state index in [4.69, 9.17) is 19.4 Å². The summed E-state index contributed by atoms with van der Waals surface area (Å²) in [6.45, 7) is 6.43. The maximum Gasteiger partial charge on any atom is 0.490 e. The smallest absolute Gasteiger partial charge is 0.475 e. The van der Waals surface area contributed by atoms with Gasteiger partial charge in [-0.05, 0) is 38.0 Å². The Morgan fingerprint density at radius 2 is 1.78 bits per heavy atom. The number of ether oxygens (including phenoxy) is 2. The van der Waals surface area contributed by atoms with E-state index in [9.17, 15) is 18.0 Å². The molecule has 1 amide bonds. The van der Waals surface area contributed by atoms with Gasteiger partial charge < -0.3 is 24.4 Å². The van der Waals surface area contributed by atoms with Crippen LogP contribution in [0.25, 0.3) is 0 Å². The highest BCUT2D eigenvalue weighted by molar-refractivity contribution is 5.77. The molecule has 2 heterocycles. The number of nitrogens with zero attached hydrogens (tertiary/aromatic N) is 2. The molecule has 7 nitrogen and oxygen atoms in total. The zero-order valence-electron chi connectivity index (χ0n) is 18.7. The molecule has 0 aromatic rings. The molecule has 10 heteroatoms. The van der Waals surface area contributed by atoms with Gasteiger partial charge in [0.05, 0.1) is 12.7 Å². The van der Waals surface area contributed by atoms with Crippen molar-refractivity contribution in [2.45, 2.75) is 57.2 Å². The zero-order valence-corrected chi connectivity index (χ0v) is 18.7. The van der Waals surface area contributed by atoms with Crippen molar-refractivity contribution in [2.75, 3.05) is 53.0 Å². The quantitative estimate of drug-likeness (QED) is 0.624. The van der Waals surface area contributed by atoms with Crippen LogP contribution in [0.5, 0.6) is 0 Å². The molecule has 32 heavy (non-hydrogen) atoms. The van der Waals surface area contributed by atoms with Gasteiger partial charge in [0.2, 0.25) is 5.91 Å². The number of alkyl halides is 3. The topological polar surface area (TPSA) is 79.3 Å². The van der Waals surface area contributed by atoms with Gasteiger partial charge >= 0.3 is 12.1 Å². The summed E-state index contributed by atoms with van der Waals surface area (Å²) in [6.07, 6.45) is 3.93. The molecule has 2 saturated carbocycles. The molecule has 0 unspecified atom stereocenters. The molecule has 2 atom stereocenters. The van der Waals surface area contributed by atoms with Crippen LogP contribution in [0.4, 0.5) is 13.2 Å². The van der Waals surface area contributed by atoms with Crippen LogP contribution in [0.1, 0.15) is 44.9 Å². The van der Waals surface area contributed by atoms with E-state index in [-0.39, 0.29) is 17.9 Å². The van der Waals surface area contributed by atoms with Crippen LogP contribution >= 0.6 is 0 Å². The van der Waals surface area contributed by atoms with Crippen molar-refractivity contribution in [3.05, 3.63) is 0 Å². The van der Waals surface area contributed by atoms with Crippen molar-refractivity contribution in [3.63, 3.8) is 0 Å². The van der Waals surface area contributed by atoms with E-state index in [1.165, 1.54) is 32.2 Å². The maximum absolute atomic E-state index is 12.6. The Kier molecular flexibility index (Phi) is 8.43. The van der Waals surface area contributed by atoms with E-state index in [2.05, 4.69) is 9.80 Å². The minimum absolute atomic E-state index is 0.195. The first-order valence-corrected chi connectivity index (χ1v) is 11.5. The zero-order chi connectivity index (χ0) is 23.4. The summed E-state index contributed by atoms with van der Waals surface area (Å²) >= 11 is 0. The number of hydrogen-bond acceptors (Lipinski definition) is 5. The molecule has 4 fully saturated rings. The first kappa shape index (κ1) is 25.2. The molecule has 0 aromatic heterocycles. The summed E-state index contributed by atoms with van der Waals surface area (Å²) in [5, 5.41) is 7.12. The molecule has 1 spiro atoms. The number of carbonyl (C=O) groups excluding carboxylic acids is 1. The van der Waals surface area contributed by atoms with E-state index < -0.39 is 12.1 Å². The monoisotopic (exact) mass is 464 g/mol. The summed E-state index contributed by atoms with van der Waals surface area (Å²) in [5.74, 6) is -1.07. The second-order valence-corrected chi connectivity index (χ2v) is 9.74. The van der Waals surface area contributed by atoms with Crippen LogP contribution < -0.4 is 0 Å². The third-order valence-electron chi connectivity index (χ3n) is 7.19. The molecule has 1 N–H and O–H groups in total. The van der Waals surface area contributed by atoms with Gasteiger partial charge in [-0.3, -0.25) is 4.79 Å². The highest BCUT2D eigenvalue weighted by Gasteiger charge is 2.51. The summed E-state index contributed by atoms with van der Waals surface area (Å²) in [7, 11) is 1.81.